The highest BCUT2D eigenvalue weighted by atomic mass is 32.2. The van der Waals surface area contributed by atoms with Crippen molar-refractivity contribution in [3.63, 3.8) is 0 Å². The molecule has 0 aliphatic carbocycles. The first-order chi connectivity index (χ1) is 15.9. The normalized spacial score (nSPS) is 16.1. The Kier molecular flexibility index (Phi) is 5.51. The fraction of sp³-hybridized carbons (Fsp3) is 0.250. The van der Waals surface area contributed by atoms with Crippen molar-refractivity contribution in [2.24, 2.45) is 0 Å². The van der Waals surface area contributed by atoms with Crippen LogP contribution >= 0.6 is 0 Å². The van der Waals surface area contributed by atoms with E-state index in [1.807, 2.05) is 19.1 Å². The third kappa shape index (κ3) is 4.17. The lowest BCUT2D eigenvalue weighted by molar-refractivity contribution is 0.102. The summed E-state index contributed by atoms with van der Waals surface area (Å²) >= 11 is 0. The second-order valence-corrected chi connectivity index (χ2v) is 10.0. The molecule has 1 N–H and O–H groups in total. The van der Waals surface area contributed by atoms with Gasteiger partial charge in [0.25, 0.3) is 5.91 Å². The van der Waals surface area contributed by atoms with Gasteiger partial charge >= 0.3 is 0 Å². The molecule has 0 saturated carbocycles. The summed E-state index contributed by atoms with van der Waals surface area (Å²) in [5, 5.41) is 2.81. The van der Waals surface area contributed by atoms with Crippen LogP contribution in [0.1, 0.15) is 35.2 Å². The molecule has 8 nitrogen and oxygen atoms in total. The molecule has 3 aromatic rings. The summed E-state index contributed by atoms with van der Waals surface area (Å²) in [5.41, 5.74) is 1.59. The van der Waals surface area contributed by atoms with Gasteiger partial charge in [-0.3, -0.25) is 9.78 Å². The van der Waals surface area contributed by atoms with Gasteiger partial charge in [0.05, 0.1) is 17.4 Å². The van der Waals surface area contributed by atoms with Gasteiger partial charge in [0, 0.05) is 25.4 Å². The predicted molar refractivity (Wildman–Crippen MR) is 123 cm³/mol. The lowest BCUT2D eigenvalue weighted by Gasteiger charge is -2.27. The lowest BCUT2D eigenvalue weighted by atomic mass is 10.1. The molecule has 2 aliphatic heterocycles. The molecule has 1 fully saturated rings. The molecule has 1 saturated heterocycles. The Hall–Kier alpha value is -3.43. The van der Waals surface area contributed by atoms with Crippen molar-refractivity contribution >= 4 is 21.6 Å². The molecule has 5 rings (SSSR count). The number of nitrogens with one attached hydrogen (secondary N) is 1. The number of carbonyl (C=O) groups excluding carboxylic acids is 1. The number of pyridine rings is 1. The van der Waals surface area contributed by atoms with Gasteiger partial charge in [0.1, 0.15) is 16.4 Å². The summed E-state index contributed by atoms with van der Waals surface area (Å²) in [5.74, 6) is 0.697. The summed E-state index contributed by atoms with van der Waals surface area (Å²) in [4.78, 5) is 17.0. The number of aromatic nitrogens is 1. The minimum Gasteiger partial charge on any atom is -0.454 e. The molecule has 0 spiro atoms. The minimum atomic E-state index is -3.90. The first-order valence-corrected chi connectivity index (χ1v) is 12.2. The summed E-state index contributed by atoms with van der Waals surface area (Å²) in [7, 11) is -3.90. The number of hydrogen-bond donors (Lipinski definition) is 1. The van der Waals surface area contributed by atoms with E-state index < -0.39 is 15.9 Å². The summed E-state index contributed by atoms with van der Waals surface area (Å²) in [6, 6.07) is 11.6. The van der Waals surface area contributed by atoms with Crippen molar-refractivity contribution in [1.82, 2.24) is 9.29 Å². The highest BCUT2D eigenvalue weighted by Crippen LogP contribution is 2.42. The van der Waals surface area contributed by atoms with Crippen LogP contribution in [0.15, 0.2) is 59.8 Å². The quantitative estimate of drug-likeness (QED) is 0.599. The molecule has 1 aromatic heterocycles. The van der Waals surface area contributed by atoms with Crippen molar-refractivity contribution in [2.75, 3.05) is 18.4 Å². The maximum Gasteiger partial charge on any atom is 0.259 e. The SMILES string of the molecule is Cc1ccc2c(c1)Oc1cc(Oc3cccnc3)c(S(=O)(=O)N3CCCCC3)cc1C(=O)N2. The van der Waals surface area contributed by atoms with E-state index in [0.717, 1.165) is 24.8 Å². The molecule has 0 unspecified atom stereocenters. The van der Waals surface area contributed by atoms with Gasteiger partial charge in [-0.25, -0.2) is 8.42 Å². The highest BCUT2D eigenvalue weighted by Gasteiger charge is 2.33. The molecule has 0 atom stereocenters. The zero-order valence-corrected chi connectivity index (χ0v) is 18.9. The van der Waals surface area contributed by atoms with Crippen molar-refractivity contribution in [3.8, 4) is 23.0 Å². The van der Waals surface area contributed by atoms with Crippen molar-refractivity contribution in [3.05, 3.63) is 66.0 Å². The second-order valence-electron chi connectivity index (χ2n) is 8.11. The molecule has 0 radical (unpaired) electrons. The number of hydrogen-bond acceptors (Lipinski definition) is 6. The summed E-state index contributed by atoms with van der Waals surface area (Å²) < 4.78 is 40.7. The minimum absolute atomic E-state index is 0.0760. The topological polar surface area (TPSA) is 97.8 Å². The number of benzene rings is 2. The average molecular weight is 466 g/mol. The Balaban J connectivity index is 1.65. The first kappa shape index (κ1) is 21.4. The molecule has 3 heterocycles. The van der Waals surface area contributed by atoms with Gasteiger partial charge in [-0.15, -0.1) is 0 Å². The fourth-order valence-electron chi connectivity index (χ4n) is 3.99. The van der Waals surface area contributed by atoms with E-state index in [4.69, 9.17) is 9.47 Å². The number of carbonyl (C=O) groups is 1. The molecule has 9 heteroatoms. The third-order valence-corrected chi connectivity index (χ3v) is 7.61. The van der Waals surface area contributed by atoms with Crippen LogP contribution < -0.4 is 14.8 Å². The smallest absolute Gasteiger partial charge is 0.259 e. The van der Waals surface area contributed by atoms with Crippen molar-refractivity contribution < 1.29 is 22.7 Å². The van der Waals surface area contributed by atoms with E-state index in [2.05, 4.69) is 10.3 Å². The number of piperidine rings is 1. The van der Waals surface area contributed by atoms with E-state index in [0.29, 0.717) is 30.3 Å². The number of sulfonamides is 1. The van der Waals surface area contributed by atoms with Crippen LogP contribution in [0.3, 0.4) is 0 Å². The number of nitrogens with zero attached hydrogens (tertiary/aromatic N) is 2. The van der Waals surface area contributed by atoms with Gasteiger partial charge in [-0.1, -0.05) is 12.5 Å². The van der Waals surface area contributed by atoms with Crippen LogP contribution in [0, 0.1) is 6.92 Å². The molecule has 2 aliphatic rings. The van der Waals surface area contributed by atoms with Gasteiger partial charge in [0.2, 0.25) is 10.0 Å². The number of fused-ring (bicyclic) bond motifs is 2. The Morgan fingerprint density at radius 1 is 1.06 bits per heavy atom. The predicted octanol–water partition coefficient (Wildman–Crippen LogP) is 4.71. The Bertz CT molecular complexity index is 1320. The first-order valence-electron chi connectivity index (χ1n) is 10.8. The molecular weight excluding hydrogens is 442 g/mol. The van der Waals surface area contributed by atoms with Crippen LogP contribution in [0.4, 0.5) is 5.69 Å². The van der Waals surface area contributed by atoms with E-state index in [1.54, 1.807) is 24.4 Å². The molecule has 2 aromatic carbocycles. The largest absolute Gasteiger partial charge is 0.454 e. The summed E-state index contributed by atoms with van der Waals surface area (Å²) in [6.45, 7) is 2.78. The Morgan fingerprint density at radius 2 is 1.88 bits per heavy atom. The van der Waals surface area contributed by atoms with Crippen molar-refractivity contribution in [1.29, 1.82) is 0 Å². The molecule has 0 bridgehead atoms. The number of anilines is 1. The molecule has 1 amide bonds. The van der Waals surface area contributed by atoms with E-state index in [1.165, 1.54) is 22.6 Å². The maximum absolute atomic E-state index is 13.6. The fourth-order valence-corrected chi connectivity index (χ4v) is 5.63. The van der Waals surface area contributed by atoms with Crippen LogP contribution in [0.2, 0.25) is 0 Å². The Labute approximate surface area is 192 Å². The van der Waals surface area contributed by atoms with Gasteiger partial charge in [-0.05, 0) is 55.7 Å². The molecule has 33 heavy (non-hydrogen) atoms. The van der Waals surface area contributed by atoms with Crippen LogP contribution in [0.5, 0.6) is 23.0 Å². The zero-order chi connectivity index (χ0) is 23.0. The van der Waals surface area contributed by atoms with Crippen LogP contribution in [0.25, 0.3) is 0 Å². The lowest BCUT2D eigenvalue weighted by Crippen LogP contribution is -2.35. The zero-order valence-electron chi connectivity index (χ0n) is 18.1. The van der Waals surface area contributed by atoms with E-state index in [-0.39, 0.29) is 22.0 Å². The molecule has 170 valence electrons. The molecular formula is C24H23N3O5S. The number of rotatable bonds is 4. The maximum atomic E-state index is 13.6. The number of ether oxygens (including phenoxy) is 2. The highest BCUT2D eigenvalue weighted by molar-refractivity contribution is 7.89. The van der Waals surface area contributed by atoms with Gasteiger partial charge in [-0.2, -0.15) is 4.31 Å². The summed E-state index contributed by atoms with van der Waals surface area (Å²) in [6.07, 6.45) is 5.67. The van der Waals surface area contributed by atoms with Gasteiger partial charge < -0.3 is 14.8 Å². The third-order valence-electron chi connectivity index (χ3n) is 5.69. The van der Waals surface area contributed by atoms with E-state index >= 15 is 0 Å². The van der Waals surface area contributed by atoms with E-state index in [9.17, 15) is 13.2 Å². The average Bonchev–Trinajstić information content (AvgIpc) is 2.95. The number of aryl methyl sites for hydroxylation is 1. The Morgan fingerprint density at radius 3 is 2.64 bits per heavy atom. The standard InChI is InChI=1S/C24H23N3O5S/c1-16-7-8-19-21(12-16)32-20-14-22(31-17-6-5-9-25-15-17)23(13-18(20)24(28)26-19)33(29,30)27-10-3-2-4-11-27/h5-9,12-15H,2-4,10-11H2,1H3,(H,26,28). The monoisotopic (exact) mass is 465 g/mol. The second kappa shape index (κ2) is 8.49. The van der Waals surface area contributed by atoms with Crippen LogP contribution in [-0.2, 0) is 10.0 Å². The van der Waals surface area contributed by atoms with Crippen LogP contribution in [-0.4, -0.2) is 36.7 Å². The van der Waals surface area contributed by atoms with Gasteiger partial charge in [0.15, 0.2) is 11.5 Å². The van der Waals surface area contributed by atoms with Crippen molar-refractivity contribution in [2.45, 2.75) is 31.1 Å². The number of amides is 1.